The van der Waals surface area contributed by atoms with Gasteiger partial charge >= 0.3 is 5.97 Å². The number of carbonyl (C=O) groups is 1. The van der Waals surface area contributed by atoms with E-state index in [1.54, 1.807) is 30.0 Å². The molecule has 0 saturated heterocycles. The van der Waals surface area contributed by atoms with Crippen LogP contribution < -0.4 is 9.47 Å². The minimum Gasteiger partial charge on any atom is -0.493 e. The van der Waals surface area contributed by atoms with Gasteiger partial charge in [-0.15, -0.1) is 5.10 Å². The molecule has 0 aliphatic heterocycles. The second kappa shape index (κ2) is 6.25. The van der Waals surface area contributed by atoms with E-state index in [9.17, 15) is 9.90 Å². The minimum atomic E-state index is -1.11. The summed E-state index contributed by atoms with van der Waals surface area (Å²) < 4.78 is 12.0. The van der Waals surface area contributed by atoms with Crippen LogP contribution in [0.3, 0.4) is 0 Å². The maximum Gasteiger partial charge on any atom is 0.358 e. The monoisotopic (exact) mass is 291 g/mol. The molecule has 0 radical (unpaired) electrons. The van der Waals surface area contributed by atoms with E-state index in [1.165, 1.54) is 7.11 Å². The highest BCUT2D eigenvalue weighted by Crippen LogP contribution is 2.33. The molecule has 0 amide bonds. The van der Waals surface area contributed by atoms with Crippen LogP contribution in [0.15, 0.2) is 18.2 Å². The van der Waals surface area contributed by atoms with Gasteiger partial charge in [-0.05, 0) is 24.6 Å². The lowest BCUT2D eigenvalue weighted by Crippen LogP contribution is -2.05. The molecule has 0 atom stereocenters. The molecule has 1 aromatic carbocycles. The highest BCUT2D eigenvalue weighted by atomic mass is 16.5. The molecule has 2 rings (SSSR count). The molecule has 7 nitrogen and oxygen atoms in total. The highest BCUT2D eigenvalue weighted by molar-refractivity contribution is 5.92. The van der Waals surface area contributed by atoms with E-state index < -0.39 is 5.97 Å². The first-order valence-electron chi connectivity index (χ1n) is 6.51. The molecular weight excluding hydrogens is 274 g/mol. The maximum atomic E-state index is 11.3. The molecule has 0 fully saturated rings. The average molecular weight is 291 g/mol. The fraction of sp³-hybridized carbons (Fsp3) is 0.357. The molecule has 21 heavy (non-hydrogen) atoms. The van der Waals surface area contributed by atoms with Gasteiger partial charge in [-0.3, -0.25) is 0 Å². The summed E-state index contributed by atoms with van der Waals surface area (Å²) >= 11 is 0. The van der Waals surface area contributed by atoms with Crippen molar-refractivity contribution in [3.63, 3.8) is 0 Å². The predicted molar refractivity (Wildman–Crippen MR) is 75.8 cm³/mol. The topological polar surface area (TPSA) is 86.5 Å². The third kappa shape index (κ3) is 2.81. The van der Waals surface area contributed by atoms with Crippen LogP contribution in [-0.4, -0.2) is 40.3 Å². The van der Waals surface area contributed by atoms with Crippen molar-refractivity contribution in [1.82, 2.24) is 15.0 Å². The van der Waals surface area contributed by atoms with E-state index in [0.717, 1.165) is 6.42 Å². The Morgan fingerprint density at radius 1 is 1.29 bits per heavy atom. The zero-order chi connectivity index (χ0) is 15.4. The van der Waals surface area contributed by atoms with Crippen molar-refractivity contribution in [3.05, 3.63) is 23.9 Å². The first-order valence-corrected chi connectivity index (χ1v) is 6.51. The number of aryl methyl sites for hydroxylation is 1. The lowest BCUT2D eigenvalue weighted by molar-refractivity contribution is 0.0691. The van der Waals surface area contributed by atoms with Gasteiger partial charge in [0.1, 0.15) is 5.69 Å². The summed E-state index contributed by atoms with van der Waals surface area (Å²) in [4.78, 5) is 11.3. The van der Waals surface area contributed by atoms with Crippen molar-refractivity contribution in [1.29, 1.82) is 0 Å². The SMILES string of the molecule is CCCn1nnc(C(=O)O)c1-c1ccc(OC)c(OC)c1. The predicted octanol–water partition coefficient (Wildman–Crippen LogP) is 2.07. The smallest absolute Gasteiger partial charge is 0.358 e. The molecule has 0 aliphatic rings. The van der Waals surface area contributed by atoms with Crippen molar-refractivity contribution in [2.45, 2.75) is 19.9 Å². The Hall–Kier alpha value is -2.57. The molecule has 0 aliphatic carbocycles. The average Bonchev–Trinajstić information content (AvgIpc) is 2.91. The largest absolute Gasteiger partial charge is 0.493 e. The van der Waals surface area contributed by atoms with Crippen LogP contribution in [0.25, 0.3) is 11.3 Å². The Morgan fingerprint density at radius 3 is 2.57 bits per heavy atom. The van der Waals surface area contributed by atoms with Gasteiger partial charge in [-0.25, -0.2) is 9.48 Å². The van der Waals surface area contributed by atoms with Gasteiger partial charge in [0.2, 0.25) is 0 Å². The molecule has 2 aromatic rings. The molecule has 0 unspecified atom stereocenters. The van der Waals surface area contributed by atoms with Crippen molar-refractivity contribution < 1.29 is 19.4 Å². The molecule has 0 saturated carbocycles. The summed E-state index contributed by atoms with van der Waals surface area (Å²) in [5.41, 5.74) is 1.06. The van der Waals surface area contributed by atoms with Gasteiger partial charge in [-0.2, -0.15) is 0 Å². The van der Waals surface area contributed by atoms with Crippen LogP contribution in [0.1, 0.15) is 23.8 Å². The molecule has 1 heterocycles. The molecule has 0 spiro atoms. The number of aromatic nitrogens is 3. The molecular formula is C14H17N3O4. The van der Waals surface area contributed by atoms with Gasteiger partial charge in [0.05, 0.1) is 14.2 Å². The maximum absolute atomic E-state index is 11.3. The summed E-state index contributed by atoms with van der Waals surface area (Å²) in [6.45, 7) is 2.57. The molecule has 1 N–H and O–H groups in total. The second-order valence-electron chi connectivity index (χ2n) is 4.38. The fourth-order valence-electron chi connectivity index (χ4n) is 2.09. The van der Waals surface area contributed by atoms with Crippen LogP contribution in [0.2, 0.25) is 0 Å². The van der Waals surface area contributed by atoms with E-state index in [1.807, 2.05) is 6.92 Å². The van der Waals surface area contributed by atoms with E-state index in [4.69, 9.17) is 9.47 Å². The summed E-state index contributed by atoms with van der Waals surface area (Å²) in [6.07, 6.45) is 0.822. The summed E-state index contributed by atoms with van der Waals surface area (Å²) in [5.74, 6) is -0.00892. The Kier molecular flexibility index (Phi) is 4.42. The van der Waals surface area contributed by atoms with Crippen LogP contribution in [0.5, 0.6) is 11.5 Å². The highest BCUT2D eigenvalue weighted by Gasteiger charge is 2.21. The number of nitrogens with zero attached hydrogens (tertiary/aromatic N) is 3. The van der Waals surface area contributed by atoms with E-state index in [0.29, 0.717) is 29.3 Å². The number of ether oxygens (including phenoxy) is 2. The van der Waals surface area contributed by atoms with E-state index >= 15 is 0 Å². The van der Waals surface area contributed by atoms with Crippen LogP contribution in [-0.2, 0) is 6.54 Å². The number of carboxylic acids is 1. The second-order valence-corrected chi connectivity index (χ2v) is 4.38. The summed E-state index contributed by atoms with van der Waals surface area (Å²) in [5, 5.41) is 16.9. The first kappa shape index (κ1) is 14.8. The number of rotatable bonds is 6. The third-order valence-electron chi connectivity index (χ3n) is 3.03. The van der Waals surface area contributed by atoms with Gasteiger partial charge in [0.15, 0.2) is 17.2 Å². The van der Waals surface area contributed by atoms with Crippen LogP contribution in [0, 0.1) is 0 Å². The quantitative estimate of drug-likeness (QED) is 0.876. The van der Waals surface area contributed by atoms with Gasteiger partial charge in [-0.1, -0.05) is 12.1 Å². The summed E-state index contributed by atoms with van der Waals surface area (Å²) in [7, 11) is 3.07. The number of hydrogen-bond acceptors (Lipinski definition) is 5. The Balaban J connectivity index is 2.59. The van der Waals surface area contributed by atoms with Crippen LogP contribution >= 0.6 is 0 Å². The van der Waals surface area contributed by atoms with Crippen LogP contribution in [0.4, 0.5) is 0 Å². The lowest BCUT2D eigenvalue weighted by atomic mass is 10.1. The van der Waals surface area contributed by atoms with Crippen molar-refractivity contribution in [3.8, 4) is 22.8 Å². The van der Waals surface area contributed by atoms with Crippen molar-refractivity contribution in [2.24, 2.45) is 0 Å². The lowest BCUT2D eigenvalue weighted by Gasteiger charge is -2.11. The number of methoxy groups -OCH3 is 2. The zero-order valence-corrected chi connectivity index (χ0v) is 12.2. The van der Waals surface area contributed by atoms with E-state index in [2.05, 4.69) is 10.3 Å². The molecule has 0 bridgehead atoms. The molecule has 112 valence electrons. The minimum absolute atomic E-state index is 0.0735. The Labute approximate surface area is 122 Å². The third-order valence-corrected chi connectivity index (χ3v) is 3.03. The summed E-state index contributed by atoms with van der Waals surface area (Å²) in [6, 6.07) is 5.21. The molecule has 1 aromatic heterocycles. The number of aromatic carboxylic acids is 1. The molecule has 7 heteroatoms. The first-order chi connectivity index (χ1) is 10.1. The van der Waals surface area contributed by atoms with Crippen molar-refractivity contribution in [2.75, 3.05) is 14.2 Å². The van der Waals surface area contributed by atoms with Gasteiger partial charge in [0.25, 0.3) is 0 Å². The number of carboxylic acid groups (broad SMARTS) is 1. The Morgan fingerprint density at radius 2 is 2.00 bits per heavy atom. The van der Waals surface area contributed by atoms with Gasteiger partial charge in [0, 0.05) is 12.1 Å². The van der Waals surface area contributed by atoms with Crippen molar-refractivity contribution >= 4 is 5.97 Å². The zero-order valence-electron chi connectivity index (χ0n) is 12.2. The van der Waals surface area contributed by atoms with Gasteiger partial charge < -0.3 is 14.6 Å². The normalized spacial score (nSPS) is 10.4. The number of benzene rings is 1. The Bertz CT molecular complexity index is 652. The number of hydrogen-bond donors (Lipinski definition) is 1. The standard InChI is InChI=1S/C14H17N3O4/c1-4-7-17-13(12(14(18)19)15-16-17)9-5-6-10(20-2)11(8-9)21-3/h5-6,8H,4,7H2,1-3H3,(H,18,19). The fourth-order valence-corrected chi connectivity index (χ4v) is 2.09. The van der Waals surface area contributed by atoms with E-state index in [-0.39, 0.29) is 5.69 Å².